The Kier molecular flexibility index (Phi) is 5.04. The Morgan fingerprint density at radius 2 is 1.91 bits per heavy atom. The summed E-state index contributed by atoms with van der Waals surface area (Å²) >= 11 is 4.18. The minimum absolute atomic E-state index is 0.823. The maximum Gasteiger partial charge on any atom is 0.00670 e. The Hall–Kier alpha value is 0.310. The first-order valence-electron chi connectivity index (χ1n) is 4.77. The highest BCUT2D eigenvalue weighted by atomic mass is 32.1. The van der Waals surface area contributed by atoms with Crippen LogP contribution in [-0.4, -0.2) is 18.3 Å². The average Bonchev–Trinajstić information content (AvgIpc) is 2.07. The van der Waals surface area contributed by atoms with Crippen LogP contribution in [0.3, 0.4) is 0 Å². The van der Waals surface area contributed by atoms with Crippen LogP contribution < -0.4 is 5.32 Å². The molecule has 1 aliphatic rings. The predicted octanol–water partition coefficient (Wildman–Crippen LogP) is 2.23. The lowest BCUT2D eigenvalue weighted by Crippen LogP contribution is -2.31. The van der Waals surface area contributed by atoms with E-state index in [0.29, 0.717) is 0 Å². The first kappa shape index (κ1) is 9.40. The molecule has 11 heavy (non-hydrogen) atoms. The topological polar surface area (TPSA) is 12.0 Å². The van der Waals surface area contributed by atoms with Gasteiger partial charge in [-0.25, -0.2) is 0 Å². The summed E-state index contributed by atoms with van der Waals surface area (Å²) in [5.74, 6) is 1.01. The molecule has 0 atom stereocenters. The highest BCUT2D eigenvalue weighted by Gasteiger charge is 2.11. The van der Waals surface area contributed by atoms with Crippen molar-refractivity contribution >= 4 is 12.6 Å². The van der Waals surface area contributed by atoms with Gasteiger partial charge in [0.2, 0.25) is 0 Å². The van der Waals surface area contributed by atoms with Gasteiger partial charge in [-0.3, -0.25) is 0 Å². The zero-order valence-corrected chi connectivity index (χ0v) is 8.08. The van der Waals surface area contributed by atoms with Crippen LogP contribution in [0.5, 0.6) is 0 Å². The van der Waals surface area contributed by atoms with Crippen molar-refractivity contribution in [3.05, 3.63) is 0 Å². The first-order chi connectivity index (χ1) is 5.43. The lowest BCUT2D eigenvalue weighted by Gasteiger charge is -2.22. The van der Waals surface area contributed by atoms with Gasteiger partial charge in [-0.15, -0.1) is 0 Å². The molecule has 0 saturated heterocycles. The molecule has 1 fully saturated rings. The fourth-order valence-corrected chi connectivity index (χ4v) is 1.85. The quantitative estimate of drug-likeness (QED) is 0.491. The van der Waals surface area contributed by atoms with Crippen LogP contribution in [0.15, 0.2) is 0 Å². The Morgan fingerprint density at radius 1 is 1.18 bits per heavy atom. The SMILES string of the molecule is SCCCNC1CCCCC1. The number of thiol groups is 1. The van der Waals surface area contributed by atoms with Gasteiger partial charge < -0.3 is 5.32 Å². The monoisotopic (exact) mass is 173 g/mol. The molecule has 1 N–H and O–H groups in total. The second-order valence-corrected chi connectivity index (χ2v) is 3.81. The molecular formula is C9H19NS. The van der Waals surface area contributed by atoms with Crippen LogP contribution in [0.4, 0.5) is 0 Å². The van der Waals surface area contributed by atoms with Gasteiger partial charge in [-0.2, -0.15) is 12.6 Å². The molecule has 0 unspecified atom stereocenters. The summed E-state index contributed by atoms with van der Waals surface area (Å²) in [6.45, 7) is 1.16. The molecule has 0 bridgehead atoms. The van der Waals surface area contributed by atoms with Crippen molar-refractivity contribution < 1.29 is 0 Å². The van der Waals surface area contributed by atoms with Gasteiger partial charge in [-0.05, 0) is 31.6 Å². The largest absolute Gasteiger partial charge is 0.314 e. The molecule has 0 radical (unpaired) electrons. The van der Waals surface area contributed by atoms with Crippen molar-refractivity contribution in [2.75, 3.05) is 12.3 Å². The summed E-state index contributed by atoms with van der Waals surface area (Å²) in [4.78, 5) is 0. The fourth-order valence-electron chi connectivity index (χ4n) is 1.69. The molecule has 1 nitrogen and oxygen atoms in total. The molecule has 0 spiro atoms. The summed E-state index contributed by atoms with van der Waals surface area (Å²) in [6.07, 6.45) is 8.31. The van der Waals surface area contributed by atoms with E-state index in [0.717, 1.165) is 18.3 Å². The normalized spacial score (nSPS) is 20.5. The third-order valence-corrected chi connectivity index (χ3v) is 2.69. The second-order valence-electron chi connectivity index (χ2n) is 3.37. The van der Waals surface area contributed by atoms with Crippen LogP contribution in [0.25, 0.3) is 0 Å². The minimum atomic E-state index is 0.823. The molecule has 66 valence electrons. The molecule has 0 heterocycles. The van der Waals surface area contributed by atoms with Crippen molar-refractivity contribution in [3.8, 4) is 0 Å². The second kappa shape index (κ2) is 5.90. The first-order valence-corrected chi connectivity index (χ1v) is 5.41. The van der Waals surface area contributed by atoms with Crippen molar-refractivity contribution in [2.24, 2.45) is 0 Å². The van der Waals surface area contributed by atoms with Gasteiger partial charge in [-0.1, -0.05) is 19.3 Å². The number of nitrogens with one attached hydrogen (secondary N) is 1. The van der Waals surface area contributed by atoms with Crippen molar-refractivity contribution in [1.82, 2.24) is 5.32 Å². The number of hydrogen-bond donors (Lipinski definition) is 2. The summed E-state index contributed by atoms with van der Waals surface area (Å²) in [5, 5.41) is 3.57. The van der Waals surface area contributed by atoms with E-state index in [1.54, 1.807) is 0 Å². The maximum absolute atomic E-state index is 4.18. The minimum Gasteiger partial charge on any atom is -0.314 e. The Bertz CT molecular complexity index is 89.6. The van der Waals surface area contributed by atoms with Gasteiger partial charge in [0, 0.05) is 6.04 Å². The van der Waals surface area contributed by atoms with E-state index >= 15 is 0 Å². The molecule has 1 aliphatic carbocycles. The van der Waals surface area contributed by atoms with Crippen molar-refractivity contribution in [3.63, 3.8) is 0 Å². The predicted molar refractivity (Wildman–Crippen MR) is 53.3 cm³/mol. The smallest absolute Gasteiger partial charge is 0.00670 e. The van der Waals surface area contributed by atoms with Gasteiger partial charge in [0.25, 0.3) is 0 Å². The summed E-state index contributed by atoms with van der Waals surface area (Å²) < 4.78 is 0. The lowest BCUT2D eigenvalue weighted by molar-refractivity contribution is 0.375. The standard InChI is InChI=1S/C9H19NS/c11-8-4-7-10-9-5-2-1-3-6-9/h9-11H,1-8H2. The van der Waals surface area contributed by atoms with Gasteiger partial charge >= 0.3 is 0 Å². The van der Waals surface area contributed by atoms with E-state index < -0.39 is 0 Å². The molecule has 1 rings (SSSR count). The summed E-state index contributed by atoms with van der Waals surface area (Å²) in [6, 6.07) is 0.823. The molecule has 1 saturated carbocycles. The van der Waals surface area contributed by atoms with E-state index in [1.807, 2.05) is 0 Å². The maximum atomic E-state index is 4.18. The van der Waals surface area contributed by atoms with Crippen molar-refractivity contribution in [2.45, 2.75) is 44.6 Å². The highest BCUT2D eigenvalue weighted by Crippen LogP contribution is 2.17. The van der Waals surface area contributed by atoms with E-state index in [4.69, 9.17) is 0 Å². The Balaban J connectivity index is 1.96. The van der Waals surface area contributed by atoms with Crippen LogP contribution in [-0.2, 0) is 0 Å². The van der Waals surface area contributed by atoms with Crippen LogP contribution in [0, 0.1) is 0 Å². The molecular weight excluding hydrogens is 154 g/mol. The molecule has 2 heteroatoms. The van der Waals surface area contributed by atoms with Crippen LogP contribution in [0.1, 0.15) is 38.5 Å². The molecule has 0 aromatic carbocycles. The summed E-state index contributed by atoms with van der Waals surface area (Å²) in [7, 11) is 0. The highest BCUT2D eigenvalue weighted by molar-refractivity contribution is 7.80. The lowest BCUT2D eigenvalue weighted by atomic mass is 9.95. The zero-order chi connectivity index (χ0) is 7.94. The van der Waals surface area contributed by atoms with E-state index in [2.05, 4.69) is 17.9 Å². The van der Waals surface area contributed by atoms with Crippen LogP contribution in [0.2, 0.25) is 0 Å². The third-order valence-electron chi connectivity index (χ3n) is 2.37. The van der Waals surface area contributed by atoms with Gasteiger partial charge in [0.05, 0.1) is 0 Å². The number of hydrogen-bond acceptors (Lipinski definition) is 2. The van der Waals surface area contributed by atoms with Crippen LogP contribution >= 0.6 is 12.6 Å². The third kappa shape index (κ3) is 4.02. The van der Waals surface area contributed by atoms with E-state index in [1.165, 1.54) is 38.5 Å². The van der Waals surface area contributed by atoms with E-state index in [-0.39, 0.29) is 0 Å². The Labute approximate surface area is 75.4 Å². The van der Waals surface area contributed by atoms with E-state index in [9.17, 15) is 0 Å². The molecule has 0 aromatic heterocycles. The summed E-state index contributed by atoms with van der Waals surface area (Å²) in [5.41, 5.74) is 0. The van der Waals surface area contributed by atoms with Gasteiger partial charge in [0.1, 0.15) is 0 Å². The molecule has 0 aromatic rings. The fraction of sp³-hybridized carbons (Fsp3) is 1.00. The molecule has 0 amide bonds. The Morgan fingerprint density at radius 3 is 2.55 bits per heavy atom. The van der Waals surface area contributed by atoms with Gasteiger partial charge in [0.15, 0.2) is 0 Å². The molecule has 0 aliphatic heterocycles. The van der Waals surface area contributed by atoms with Crippen molar-refractivity contribution in [1.29, 1.82) is 0 Å². The number of rotatable bonds is 4. The zero-order valence-electron chi connectivity index (χ0n) is 7.18. The average molecular weight is 173 g/mol.